The van der Waals surface area contributed by atoms with Gasteiger partial charge in [-0.15, -0.1) is 0 Å². The molecule has 2 heterocycles. The van der Waals surface area contributed by atoms with Crippen molar-refractivity contribution in [3.05, 3.63) is 70.5 Å². The Labute approximate surface area is 159 Å². The van der Waals surface area contributed by atoms with Crippen LogP contribution in [-0.2, 0) is 13.6 Å². The Balaban J connectivity index is 1.45. The molecule has 0 aliphatic carbocycles. The van der Waals surface area contributed by atoms with Crippen LogP contribution in [0, 0.1) is 5.82 Å². The molecule has 0 spiro atoms. The minimum absolute atomic E-state index is 0.132. The number of nitrogens with one attached hydrogen (secondary N) is 1. The van der Waals surface area contributed by atoms with Gasteiger partial charge in [0.05, 0.1) is 28.3 Å². The molecule has 0 aliphatic heterocycles. The zero-order valence-corrected chi connectivity index (χ0v) is 15.2. The maximum atomic E-state index is 13.5. The Morgan fingerprint density at radius 1 is 1.18 bits per heavy atom. The lowest BCUT2D eigenvalue weighted by atomic mass is 10.2. The average molecular weight is 379 g/mol. The summed E-state index contributed by atoms with van der Waals surface area (Å²) in [5, 5.41) is 6.90. The smallest absolute Gasteiger partial charge is 0.275 e. The third kappa shape index (κ3) is 3.24. The summed E-state index contributed by atoms with van der Waals surface area (Å²) in [5.41, 5.74) is 1.60. The van der Waals surface area contributed by atoms with Crippen LogP contribution in [0.4, 0.5) is 4.39 Å². The number of aryl methyl sites for hydroxylation is 2. The van der Waals surface area contributed by atoms with Crippen molar-refractivity contribution in [2.45, 2.75) is 13.0 Å². The second-order valence-corrected chi connectivity index (χ2v) is 6.50. The Hall–Kier alpha value is -3.55. The van der Waals surface area contributed by atoms with Gasteiger partial charge >= 0.3 is 0 Å². The predicted molar refractivity (Wildman–Crippen MR) is 104 cm³/mol. The van der Waals surface area contributed by atoms with Gasteiger partial charge in [-0.25, -0.2) is 9.37 Å². The molecule has 8 heteroatoms. The number of carbonyl (C=O) groups excluding carboxylic acids is 1. The number of aromatic nitrogens is 4. The van der Waals surface area contributed by atoms with Gasteiger partial charge < -0.3 is 9.88 Å². The number of hydrogen-bond donors (Lipinski definition) is 1. The van der Waals surface area contributed by atoms with E-state index in [4.69, 9.17) is 0 Å². The van der Waals surface area contributed by atoms with Crippen LogP contribution in [0.15, 0.2) is 53.6 Å². The highest BCUT2D eigenvalue weighted by Gasteiger charge is 2.16. The highest BCUT2D eigenvalue weighted by Crippen LogP contribution is 2.12. The van der Waals surface area contributed by atoms with Gasteiger partial charge in [0.25, 0.3) is 5.91 Å². The zero-order valence-electron chi connectivity index (χ0n) is 15.2. The number of hydrogen-bond acceptors (Lipinski definition) is 4. The number of nitrogens with zero attached hydrogens (tertiary/aromatic N) is 4. The molecule has 28 heavy (non-hydrogen) atoms. The van der Waals surface area contributed by atoms with Gasteiger partial charge in [0.15, 0.2) is 5.69 Å². The van der Waals surface area contributed by atoms with Crippen molar-refractivity contribution in [3.8, 4) is 0 Å². The van der Waals surface area contributed by atoms with Crippen LogP contribution in [0.5, 0.6) is 0 Å². The molecule has 0 aliphatic rings. The molecule has 142 valence electrons. The number of carbonyl (C=O) groups is 1. The lowest BCUT2D eigenvalue weighted by Crippen LogP contribution is -2.32. The van der Waals surface area contributed by atoms with Crippen LogP contribution in [-0.4, -0.2) is 31.8 Å². The largest absolute Gasteiger partial charge is 0.350 e. The number of para-hydroxylation sites is 2. The first-order chi connectivity index (χ1) is 13.5. The van der Waals surface area contributed by atoms with Gasteiger partial charge in [0.2, 0.25) is 5.43 Å². The summed E-state index contributed by atoms with van der Waals surface area (Å²) in [4.78, 5) is 29.3. The summed E-state index contributed by atoms with van der Waals surface area (Å²) in [6, 6.07) is 11.7. The monoisotopic (exact) mass is 379 g/mol. The fourth-order valence-corrected chi connectivity index (χ4v) is 3.22. The van der Waals surface area contributed by atoms with E-state index in [0.29, 0.717) is 25.0 Å². The molecule has 7 nitrogen and oxygen atoms in total. The van der Waals surface area contributed by atoms with E-state index in [2.05, 4.69) is 15.4 Å². The molecule has 4 aromatic rings. The van der Waals surface area contributed by atoms with Gasteiger partial charge in [-0.2, -0.15) is 5.10 Å². The van der Waals surface area contributed by atoms with Crippen molar-refractivity contribution in [1.29, 1.82) is 0 Å². The van der Waals surface area contributed by atoms with Crippen molar-refractivity contribution >= 4 is 27.8 Å². The minimum Gasteiger partial charge on any atom is -0.350 e. The molecule has 0 bridgehead atoms. The van der Waals surface area contributed by atoms with Gasteiger partial charge in [0, 0.05) is 20.1 Å². The zero-order chi connectivity index (χ0) is 19.7. The second kappa shape index (κ2) is 7.22. The van der Waals surface area contributed by atoms with Crippen LogP contribution < -0.4 is 10.7 Å². The van der Waals surface area contributed by atoms with E-state index in [1.165, 1.54) is 16.8 Å². The van der Waals surface area contributed by atoms with Crippen molar-refractivity contribution in [1.82, 2.24) is 24.6 Å². The molecule has 0 unspecified atom stereocenters. The summed E-state index contributed by atoms with van der Waals surface area (Å²) in [6.07, 6.45) is 2.43. The lowest BCUT2D eigenvalue weighted by molar-refractivity contribution is 0.0945. The lowest BCUT2D eigenvalue weighted by Gasteiger charge is -2.09. The van der Waals surface area contributed by atoms with Gasteiger partial charge in [-0.3, -0.25) is 14.3 Å². The van der Waals surface area contributed by atoms with Crippen LogP contribution in [0.3, 0.4) is 0 Å². The summed E-state index contributed by atoms with van der Waals surface area (Å²) >= 11 is 0. The highest BCUT2D eigenvalue weighted by molar-refractivity contribution is 5.95. The molecule has 0 saturated heterocycles. The van der Waals surface area contributed by atoms with E-state index in [1.807, 2.05) is 28.8 Å². The fourth-order valence-electron chi connectivity index (χ4n) is 3.22. The first-order valence-corrected chi connectivity index (χ1v) is 8.89. The number of imidazole rings is 1. The maximum absolute atomic E-state index is 13.5. The first kappa shape index (κ1) is 17.8. The summed E-state index contributed by atoms with van der Waals surface area (Å²) < 4.78 is 16.9. The number of rotatable bonds is 5. The molecule has 2 aromatic carbocycles. The Bertz CT molecular complexity index is 1240. The van der Waals surface area contributed by atoms with Crippen LogP contribution in [0.25, 0.3) is 21.9 Å². The number of benzene rings is 2. The first-order valence-electron chi connectivity index (χ1n) is 8.89. The molecule has 2 aromatic heterocycles. The molecule has 1 amide bonds. The molecule has 4 rings (SSSR count). The predicted octanol–water partition coefficient (Wildman–Crippen LogP) is 2.24. The fraction of sp³-hybridized carbons (Fsp3) is 0.200. The summed E-state index contributed by atoms with van der Waals surface area (Å²) in [6.45, 7) is 1.05. The highest BCUT2D eigenvalue weighted by atomic mass is 19.1. The summed E-state index contributed by atoms with van der Waals surface area (Å²) in [5.74, 6) is -1.10. The van der Waals surface area contributed by atoms with Gasteiger partial charge in [0.1, 0.15) is 5.82 Å². The van der Waals surface area contributed by atoms with Crippen molar-refractivity contribution in [2.24, 2.45) is 7.05 Å². The topological polar surface area (TPSA) is 81.8 Å². The van der Waals surface area contributed by atoms with E-state index in [-0.39, 0.29) is 11.1 Å². The molecule has 0 fully saturated rings. The quantitative estimate of drug-likeness (QED) is 0.539. The standard InChI is InChI=1S/C20H18FN5O2/c1-25-16-8-7-13(21)11-14(16)19(27)18(24-25)20(28)22-9-4-10-26-12-23-15-5-2-3-6-17(15)26/h2-3,5-8,11-12H,4,9-10H2,1H3,(H,22,28). The molecule has 0 radical (unpaired) electrons. The molecular weight excluding hydrogens is 361 g/mol. The number of amides is 1. The molecule has 1 N–H and O–H groups in total. The normalized spacial score (nSPS) is 11.2. The SMILES string of the molecule is Cn1nc(C(=O)NCCCn2cnc3ccccc32)c(=O)c2cc(F)ccc21. The van der Waals surface area contributed by atoms with E-state index in [1.54, 1.807) is 13.4 Å². The average Bonchev–Trinajstić information content (AvgIpc) is 3.11. The van der Waals surface area contributed by atoms with Crippen LogP contribution in [0.2, 0.25) is 0 Å². The van der Waals surface area contributed by atoms with Crippen molar-refractivity contribution in [2.75, 3.05) is 6.54 Å². The Kier molecular flexibility index (Phi) is 4.60. The molecular formula is C20H18FN5O2. The molecule has 0 atom stereocenters. The van der Waals surface area contributed by atoms with Crippen molar-refractivity contribution < 1.29 is 9.18 Å². The van der Waals surface area contributed by atoms with E-state index < -0.39 is 17.2 Å². The minimum atomic E-state index is -0.578. The third-order valence-corrected chi connectivity index (χ3v) is 4.62. The number of fused-ring (bicyclic) bond motifs is 2. The number of halogens is 1. The van der Waals surface area contributed by atoms with Gasteiger partial charge in [-0.1, -0.05) is 12.1 Å². The van der Waals surface area contributed by atoms with Crippen molar-refractivity contribution in [3.63, 3.8) is 0 Å². The molecule has 0 saturated carbocycles. The maximum Gasteiger partial charge on any atom is 0.275 e. The second-order valence-electron chi connectivity index (χ2n) is 6.50. The van der Waals surface area contributed by atoms with Crippen LogP contribution in [0.1, 0.15) is 16.9 Å². The Morgan fingerprint density at radius 3 is 2.86 bits per heavy atom. The summed E-state index contributed by atoms with van der Waals surface area (Å²) in [7, 11) is 1.61. The van der Waals surface area contributed by atoms with E-state index in [9.17, 15) is 14.0 Å². The van der Waals surface area contributed by atoms with Gasteiger partial charge in [-0.05, 0) is 36.8 Å². The van der Waals surface area contributed by atoms with E-state index in [0.717, 1.165) is 17.1 Å². The Morgan fingerprint density at radius 2 is 2.00 bits per heavy atom. The van der Waals surface area contributed by atoms with Crippen LogP contribution >= 0.6 is 0 Å². The third-order valence-electron chi connectivity index (χ3n) is 4.62. The van der Waals surface area contributed by atoms with E-state index >= 15 is 0 Å².